The smallest absolute Gasteiger partial charge is 0.257 e. The van der Waals surface area contributed by atoms with Crippen LogP contribution in [0.15, 0.2) is 47.1 Å². The second-order valence-electron chi connectivity index (χ2n) is 6.88. The van der Waals surface area contributed by atoms with Crippen LogP contribution in [0.4, 0.5) is 0 Å². The first kappa shape index (κ1) is 17.5. The van der Waals surface area contributed by atoms with Crippen molar-refractivity contribution in [3.05, 3.63) is 52.6 Å². The third-order valence-corrected chi connectivity index (χ3v) is 5.75. The van der Waals surface area contributed by atoms with E-state index in [2.05, 4.69) is 31.1 Å². The maximum Gasteiger partial charge on any atom is 0.257 e. The molecule has 2 aromatic rings. The molecule has 136 valence electrons. The first-order valence-electron chi connectivity index (χ1n) is 9.14. The largest absolute Gasteiger partial charge is 0.438 e. The highest BCUT2D eigenvalue weighted by molar-refractivity contribution is 9.10. The van der Waals surface area contributed by atoms with Crippen LogP contribution < -0.4 is 10.1 Å². The van der Waals surface area contributed by atoms with Crippen LogP contribution in [0.25, 0.3) is 0 Å². The molecule has 1 amide bonds. The highest BCUT2D eigenvalue weighted by Gasteiger charge is 2.36. The Morgan fingerprint density at radius 2 is 2.00 bits per heavy atom. The van der Waals surface area contributed by atoms with Crippen molar-refractivity contribution in [2.24, 2.45) is 0 Å². The molecular formula is C20H22BrN3O2. The number of ether oxygens (including phenoxy) is 1. The fourth-order valence-electron chi connectivity index (χ4n) is 3.92. The molecule has 0 saturated carbocycles. The Balaban J connectivity index is 1.48. The Morgan fingerprint density at radius 3 is 2.85 bits per heavy atom. The Labute approximate surface area is 161 Å². The predicted octanol–water partition coefficient (Wildman–Crippen LogP) is 3.99. The van der Waals surface area contributed by atoms with Gasteiger partial charge in [0.25, 0.3) is 5.91 Å². The van der Waals surface area contributed by atoms with Gasteiger partial charge in [0.2, 0.25) is 5.88 Å². The summed E-state index contributed by atoms with van der Waals surface area (Å²) in [6, 6.07) is 11.7. The van der Waals surface area contributed by atoms with Crippen molar-refractivity contribution in [3.63, 3.8) is 0 Å². The number of benzene rings is 1. The molecule has 2 saturated heterocycles. The topological polar surface area (TPSA) is 54.5 Å². The molecule has 2 aliphatic rings. The molecule has 1 aromatic heterocycles. The maximum absolute atomic E-state index is 12.9. The molecule has 4 rings (SSSR count). The van der Waals surface area contributed by atoms with E-state index < -0.39 is 0 Å². The van der Waals surface area contributed by atoms with Gasteiger partial charge in [-0.15, -0.1) is 0 Å². The normalized spacial score (nSPS) is 22.7. The van der Waals surface area contributed by atoms with Gasteiger partial charge in [-0.05, 0) is 62.2 Å². The molecule has 2 aliphatic heterocycles. The third-order valence-electron chi connectivity index (χ3n) is 5.22. The Morgan fingerprint density at radius 1 is 1.15 bits per heavy atom. The van der Waals surface area contributed by atoms with Gasteiger partial charge in [0, 0.05) is 29.3 Å². The van der Waals surface area contributed by atoms with E-state index >= 15 is 0 Å². The van der Waals surface area contributed by atoms with E-state index in [4.69, 9.17) is 4.74 Å². The summed E-state index contributed by atoms with van der Waals surface area (Å²) in [5.74, 6) is 0.883. The van der Waals surface area contributed by atoms with Gasteiger partial charge in [-0.25, -0.2) is 4.98 Å². The fourth-order valence-corrected chi connectivity index (χ4v) is 4.19. The van der Waals surface area contributed by atoms with E-state index in [-0.39, 0.29) is 11.9 Å². The number of amides is 1. The lowest BCUT2D eigenvalue weighted by Gasteiger charge is -2.32. The average molecular weight is 416 g/mol. The molecule has 1 N–H and O–H groups in total. The minimum Gasteiger partial charge on any atom is -0.438 e. The van der Waals surface area contributed by atoms with Crippen LogP contribution in [0.3, 0.4) is 0 Å². The zero-order valence-electron chi connectivity index (χ0n) is 14.5. The molecule has 0 radical (unpaired) electrons. The first-order valence-corrected chi connectivity index (χ1v) is 9.93. The summed E-state index contributed by atoms with van der Waals surface area (Å²) in [6.45, 7) is 2.23. The van der Waals surface area contributed by atoms with Crippen molar-refractivity contribution in [1.29, 1.82) is 0 Å². The molecule has 0 unspecified atom stereocenters. The zero-order valence-corrected chi connectivity index (χ0v) is 16.1. The summed E-state index contributed by atoms with van der Waals surface area (Å²) in [7, 11) is 0. The van der Waals surface area contributed by atoms with Gasteiger partial charge < -0.3 is 10.1 Å². The van der Waals surface area contributed by atoms with Crippen LogP contribution >= 0.6 is 15.9 Å². The van der Waals surface area contributed by atoms with Gasteiger partial charge in [0.1, 0.15) is 11.3 Å². The van der Waals surface area contributed by atoms with Crippen molar-refractivity contribution < 1.29 is 9.53 Å². The lowest BCUT2D eigenvalue weighted by atomic mass is 9.99. The fraction of sp³-hybridized carbons (Fsp3) is 0.400. The Bertz CT molecular complexity index is 781. The quantitative estimate of drug-likeness (QED) is 0.819. The van der Waals surface area contributed by atoms with Crippen molar-refractivity contribution in [2.45, 2.75) is 37.8 Å². The van der Waals surface area contributed by atoms with Gasteiger partial charge in [0.15, 0.2) is 0 Å². The van der Waals surface area contributed by atoms with Gasteiger partial charge in [-0.3, -0.25) is 9.69 Å². The SMILES string of the molecule is O=C(N[C@@H]1CCN2CCCC[C@@H]12)c1cccnc1Oc1ccc(Br)cc1. The number of rotatable bonds is 4. The van der Waals surface area contributed by atoms with Crippen LogP contribution in [0, 0.1) is 0 Å². The minimum absolute atomic E-state index is 0.109. The molecular weight excluding hydrogens is 394 g/mol. The van der Waals surface area contributed by atoms with E-state index in [0.717, 1.165) is 24.0 Å². The van der Waals surface area contributed by atoms with E-state index in [9.17, 15) is 4.79 Å². The van der Waals surface area contributed by atoms with Crippen LogP contribution in [-0.2, 0) is 0 Å². The van der Waals surface area contributed by atoms with E-state index in [0.29, 0.717) is 23.2 Å². The molecule has 2 atom stereocenters. The number of fused-ring (bicyclic) bond motifs is 1. The molecule has 2 fully saturated rings. The summed E-state index contributed by atoms with van der Waals surface area (Å²) in [5.41, 5.74) is 0.477. The number of nitrogens with one attached hydrogen (secondary N) is 1. The van der Waals surface area contributed by atoms with Crippen LogP contribution in [-0.4, -0.2) is 41.0 Å². The lowest BCUT2D eigenvalue weighted by molar-refractivity contribution is 0.0912. The average Bonchev–Trinajstić information content (AvgIpc) is 3.07. The number of halogens is 1. The van der Waals surface area contributed by atoms with Crippen molar-refractivity contribution in [3.8, 4) is 11.6 Å². The van der Waals surface area contributed by atoms with Crippen LogP contribution in [0.1, 0.15) is 36.0 Å². The van der Waals surface area contributed by atoms with Gasteiger partial charge >= 0.3 is 0 Å². The lowest BCUT2D eigenvalue weighted by Crippen LogP contribution is -2.46. The standard InChI is InChI=1S/C20H22BrN3O2/c21-14-6-8-15(9-7-14)26-20-16(4-3-11-22-20)19(25)23-17-10-13-24-12-2-1-5-18(17)24/h3-4,6-9,11,17-18H,1-2,5,10,12-13H2,(H,23,25)/t17-,18+/m1/s1. The third kappa shape index (κ3) is 3.76. The summed E-state index contributed by atoms with van der Waals surface area (Å²) < 4.78 is 6.83. The maximum atomic E-state index is 12.9. The first-order chi connectivity index (χ1) is 12.7. The number of piperidine rings is 1. The molecule has 0 bridgehead atoms. The molecule has 1 aromatic carbocycles. The highest BCUT2D eigenvalue weighted by atomic mass is 79.9. The second-order valence-corrected chi connectivity index (χ2v) is 7.80. The number of aromatic nitrogens is 1. The molecule has 6 heteroatoms. The van der Waals surface area contributed by atoms with Crippen molar-refractivity contribution in [1.82, 2.24) is 15.2 Å². The molecule has 26 heavy (non-hydrogen) atoms. The molecule has 0 aliphatic carbocycles. The van der Waals surface area contributed by atoms with Gasteiger partial charge in [-0.2, -0.15) is 0 Å². The van der Waals surface area contributed by atoms with E-state index in [1.807, 2.05) is 24.3 Å². The van der Waals surface area contributed by atoms with Gasteiger partial charge in [0.05, 0.1) is 0 Å². The Kier molecular flexibility index (Phi) is 5.22. The molecule has 5 nitrogen and oxygen atoms in total. The summed E-state index contributed by atoms with van der Waals surface area (Å²) >= 11 is 3.41. The second kappa shape index (κ2) is 7.76. The van der Waals surface area contributed by atoms with E-state index in [1.54, 1.807) is 18.3 Å². The summed E-state index contributed by atoms with van der Waals surface area (Å²) in [5, 5.41) is 3.22. The number of carbonyl (C=O) groups excluding carboxylic acids is 1. The Hall–Kier alpha value is -1.92. The van der Waals surface area contributed by atoms with Crippen LogP contribution in [0.5, 0.6) is 11.6 Å². The highest BCUT2D eigenvalue weighted by Crippen LogP contribution is 2.28. The van der Waals surface area contributed by atoms with Crippen molar-refractivity contribution in [2.75, 3.05) is 13.1 Å². The molecule has 0 spiro atoms. The monoisotopic (exact) mass is 415 g/mol. The van der Waals surface area contributed by atoms with Gasteiger partial charge in [-0.1, -0.05) is 22.4 Å². The molecule has 3 heterocycles. The summed E-state index contributed by atoms with van der Waals surface area (Å²) in [6.07, 6.45) is 6.34. The number of pyridine rings is 1. The number of hydrogen-bond donors (Lipinski definition) is 1. The van der Waals surface area contributed by atoms with E-state index in [1.165, 1.54) is 19.3 Å². The number of hydrogen-bond acceptors (Lipinski definition) is 4. The number of nitrogens with zero attached hydrogens (tertiary/aromatic N) is 2. The minimum atomic E-state index is -0.109. The van der Waals surface area contributed by atoms with Crippen LogP contribution in [0.2, 0.25) is 0 Å². The predicted molar refractivity (Wildman–Crippen MR) is 104 cm³/mol. The zero-order chi connectivity index (χ0) is 17.9. The summed E-state index contributed by atoms with van der Waals surface area (Å²) in [4.78, 5) is 19.7. The number of carbonyl (C=O) groups is 1. The van der Waals surface area contributed by atoms with Crippen molar-refractivity contribution >= 4 is 21.8 Å².